The third kappa shape index (κ3) is 5.82. The van der Waals surface area contributed by atoms with Crippen molar-refractivity contribution in [2.45, 2.75) is 6.42 Å². The van der Waals surface area contributed by atoms with Crippen molar-refractivity contribution in [2.24, 2.45) is 0 Å². The number of aliphatic carboxylic acids is 2. The Labute approximate surface area is 134 Å². The molecule has 0 aliphatic rings. The van der Waals surface area contributed by atoms with Crippen LogP contribution in [0.4, 0.5) is 0 Å². The number of fused-ring (bicyclic) bond motifs is 1. The average Bonchev–Trinajstić information content (AvgIpc) is 2.79. The first-order chi connectivity index (χ1) is 9.81. The Bertz CT molecular complexity index is 627. The molecule has 0 unspecified atom stereocenters. The molecule has 1 aromatic heterocycles. The third-order valence-electron chi connectivity index (χ3n) is 2.63. The van der Waals surface area contributed by atoms with Crippen LogP contribution in [-0.4, -0.2) is 47.7 Å². The maximum atomic E-state index is 9.10. The molecule has 0 saturated carbocycles. The Balaban J connectivity index is 0.000000315. The van der Waals surface area contributed by atoms with Crippen LogP contribution in [0.1, 0.15) is 5.56 Å². The van der Waals surface area contributed by atoms with Gasteiger partial charge in [0.1, 0.15) is 0 Å². The van der Waals surface area contributed by atoms with Gasteiger partial charge in [0.2, 0.25) is 0 Å². The quantitative estimate of drug-likeness (QED) is 0.808. The van der Waals surface area contributed by atoms with Gasteiger partial charge < -0.3 is 15.1 Å². The standard InChI is InChI=1S/C12H14BrNS.C2H2O4/c1-14(2)6-5-9-8-15-12-4-3-10(13)7-11(9)12;3-1(4)2(5)6/h3-4,7-8H,5-6H2,1-2H3;(H,3,4)(H,5,6). The summed E-state index contributed by atoms with van der Waals surface area (Å²) in [5.74, 6) is -3.65. The van der Waals surface area contributed by atoms with Gasteiger partial charge in [-0.2, -0.15) is 0 Å². The van der Waals surface area contributed by atoms with E-state index in [4.69, 9.17) is 19.8 Å². The molecular formula is C14H16BrNO4S. The molecule has 5 nitrogen and oxygen atoms in total. The fourth-order valence-electron chi connectivity index (χ4n) is 1.59. The molecule has 114 valence electrons. The van der Waals surface area contributed by atoms with Crippen molar-refractivity contribution >= 4 is 49.3 Å². The van der Waals surface area contributed by atoms with Crippen LogP contribution in [0.5, 0.6) is 0 Å². The first-order valence-corrected chi connectivity index (χ1v) is 7.75. The van der Waals surface area contributed by atoms with E-state index in [0.29, 0.717) is 0 Å². The lowest BCUT2D eigenvalue weighted by Gasteiger charge is -2.08. The molecule has 0 spiro atoms. The van der Waals surface area contributed by atoms with E-state index in [1.165, 1.54) is 20.1 Å². The minimum absolute atomic E-state index is 1.11. The second kappa shape index (κ2) is 8.11. The fraction of sp³-hybridized carbons (Fsp3) is 0.286. The zero-order valence-electron chi connectivity index (χ0n) is 11.7. The summed E-state index contributed by atoms with van der Waals surface area (Å²) in [4.78, 5) is 20.4. The number of carbonyl (C=O) groups is 2. The Kier molecular flexibility index (Phi) is 6.80. The van der Waals surface area contributed by atoms with Gasteiger partial charge in [0.05, 0.1) is 0 Å². The van der Waals surface area contributed by atoms with Crippen LogP contribution in [0, 0.1) is 0 Å². The second-order valence-electron chi connectivity index (χ2n) is 4.57. The summed E-state index contributed by atoms with van der Waals surface area (Å²) < 4.78 is 2.55. The lowest BCUT2D eigenvalue weighted by atomic mass is 10.1. The van der Waals surface area contributed by atoms with Gasteiger partial charge in [-0.15, -0.1) is 11.3 Å². The molecule has 0 saturated heterocycles. The van der Waals surface area contributed by atoms with Crippen molar-refractivity contribution in [1.29, 1.82) is 0 Å². The first kappa shape index (κ1) is 17.6. The van der Waals surface area contributed by atoms with Crippen LogP contribution in [0.2, 0.25) is 0 Å². The predicted molar refractivity (Wildman–Crippen MR) is 87.1 cm³/mol. The lowest BCUT2D eigenvalue weighted by Crippen LogP contribution is -2.14. The number of halogens is 1. The van der Waals surface area contributed by atoms with E-state index in [9.17, 15) is 0 Å². The van der Waals surface area contributed by atoms with Crippen LogP contribution >= 0.6 is 27.3 Å². The van der Waals surface area contributed by atoms with Gasteiger partial charge in [0.25, 0.3) is 0 Å². The number of carboxylic acid groups (broad SMARTS) is 2. The smallest absolute Gasteiger partial charge is 0.414 e. The molecule has 2 N–H and O–H groups in total. The zero-order chi connectivity index (χ0) is 16.0. The zero-order valence-corrected chi connectivity index (χ0v) is 14.1. The normalized spacial score (nSPS) is 10.3. The molecule has 21 heavy (non-hydrogen) atoms. The van der Waals surface area contributed by atoms with Crippen LogP contribution in [-0.2, 0) is 16.0 Å². The van der Waals surface area contributed by atoms with E-state index >= 15 is 0 Å². The Morgan fingerprint density at radius 1 is 1.24 bits per heavy atom. The number of hydrogen-bond donors (Lipinski definition) is 2. The number of thiophene rings is 1. The van der Waals surface area contributed by atoms with Crippen molar-refractivity contribution in [1.82, 2.24) is 4.90 Å². The SMILES string of the molecule is CN(C)CCc1csc2ccc(Br)cc12.O=C(O)C(=O)O. The second-order valence-corrected chi connectivity index (χ2v) is 6.39. The summed E-state index contributed by atoms with van der Waals surface area (Å²) in [6, 6.07) is 6.51. The van der Waals surface area contributed by atoms with Gasteiger partial charge in [-0.1, -0.05) is 15.9 Å². The van der Waals surface area contributed by atoms with Gasteiger partial charge in [0, 0.05) is 15.7 Å². The van der Waals surface area contributed by atoms with Gasteiger partial charge >= 0.3 is 11.9 Å². The molecule has 0 amide bonds. The highest BCUT2D eigenvalue weighted by molar-refractivity contribution is 9.10. The highest BCUT2D eigenvalue weighted by Gasteiger charge is 2.05. The van der Waals surface area contributed by atoms with Crippen LogP contribution in [0.15, 0.2) is 28.1 Å². The molecule has 0 atom stereocenters. The number of hydrogen-bond acceptors (Lipinski definition) is 4. The molecule has 0 aliphatic carbocycles. The van der Waals surface area contributed by atoms with Gasteiger partial charge in [-0.25, -0.2) is 9.59 Å². The van der Waals surface area contributed by atoms with Crippen LogP contribution in [0.25, 0.3) is 10.1 Å². The number of nitrogens with zero attached hydrogens (tertiary/aromatic N) is 1. The molecule has 7 heteroatoms. The Morgan fingerprint density at radius 2 is 1.86 bits per heavy atom. The number of rotatable bonds is 3. The summed E-state index contributed by atoms with van der Waals surface area (Å²) in [5, 5.41) is 18.5. The van der Waals surface area contributed by atoms with Crippen molar-refractivity contribution in [3.8, 4) is 0 Å². The Morgan fingerprint density at radius 3 is 2.38 bits per heavy atom. The van der Waals surface area contributed by atoms with Crippen molar-refractivity contribution in [2.75, 3.05) is 20.6 Å². The molecule has 1 heterocycles. The third-order valence-corrected chi connectivity index (χ3v) is 4.13. The topological polar surface area (TPSA) is 77.8 Å². The lowest BCUT2D eigenvalue weighted by molar-refractivity contribution is -0.159. The molecule has 0 bridgehead atoms. The van der Waals surface area contributed by atoms with Crippen molar-refractivity contribution in [3.05, 3.63) is 33.6 Å². The van der Waals surface area contributed by atoms with Crippen LogP contribution < -0.4 is 0 Å². The molecule has 0 aliphatic heterocycles. The largest absolute Gasteiger partial charge is 0.473 e. The molecule has 1 aromatic carbocycles. The number of benzene rings is 1. The number of carboxylic acids is 2. The van der Waals surface area contributed by atoms with E-state index in [-0.39, 0.29) is 0 Å². The summed E-state index contributed by atoms with van der Waals surface area (Å²) in [6.07, 6.45) is 1.13. The first-order valence-electron chi connectivity index (χ1n) is 6.08. The van der Waals surface area contributed by atoms with E-state index in [1.807, 2.05) is 11.3 Å². The fourth-order valence-corrected chi connectivity index (χ4v) is 2.93. The van der Waals surface area contributed by atoms with Crippen molar-refractivity contribution in [3.63, 3.8) is 0 Å². The summed E-state index contributed by atoms with van der Waals surface area (Å²) >= 11 is 5.36. The summed E-state index contributed by atoms with van der Waals surface area (Å²) in [5.41, 5.74) is 1.46. The van der Waals surface area contributed by atoms with Crippen LogP contribution in [0.3, 0.4) is 0 Å². The van der Waals surface area contributed by atoms with E-state index in [2.05, 4.69) is 58.5 Å². The molecule has 0 fully saturated rings. The predicted octanol–water partition coefficient (Wildman–Crippen LogP) is 2.92. The molecule has 2 rings (SSSR count). The summed E-state index contributed by atoms with van der Waals surface area (Å²) in [6.45, 7) is 1.11. The van der Waals surface area contributed by atoms with Crippen molar-refractivity contribution < 1.29 is 19.8 Å². The highest BCUT2D eigenvalue weighted by Crippen LogP contribution is 2.29. The maximum absolute atomic E-state index is 9.10. The maximum Gasteiger partial charge on any atom is 0.414 e. The van der Waals surface area contributed by atoms with E-state index < -0.39 is 11.9 Å². The molecular weight excluding hydrogens is 358 g/mol. The highest BCUT2D eigenvalue weighted by atomic mass is 79.9. The van der Waals surface area contributed by atoms with Gasteiger partial charge in [-0.05, 0) is 55.0 Å². The number of likely N-dealkylation sites (N-methyl/N-ethyl adjacent to an activating group) is 1. The van der Waals surface area contributed by atoms with E-state index in [0.717, 1.165) is 13.0 Å². The molecule has 0 radical (unpaired) electrons. The monoisotopic (exact) mass is 373 g/mol. The minimum Gasteiger partial charge on any atom is -0.473 e. The minimum atomic E-state index is -1.82. The van der Waals surface area contributed by atoms with E-state index in [1.54, 1.807) is 0 Å². The average molecular weight is 374 g/mol. The van der Waals surface area contributed by atoms with Gasteiger partial charge in [0.15, 0.2) is 0 Å². The molecule has 2 aromatic rings. The Hall–Kier alpha value is -1.44. The summed E-state index contributed by atoms with van der Waals surface area (Å²) in [7, 11) is 4.23. The van der Waals surface area contributed by atoms with Gasteiger partial charge in [-0.3, -0.25) is 0 Å².